The Kier molecular flexibility index (Phi) is 2.55. The third kappa shape index (κ3) is 3.78. The average Bonchev–Trinajstić information content (AvgIpc) is 3.87. The first-order valence-electron chi connectivity index (χ1n) is 28.0. The van der Waals surface area contributed by atoms with Gasteiger partial charge in [0, 0.05) is 5.41 Å². The van der Waals surface area contributed by atoms with E-state index in [2.05, 4.69) is 0 Å². The molecule has 0 nitrogen and oxygen atoms in total. The molecule has 0 atom stereocenters. The van der Waals surface area contributed by atoms with Gasteiger partial charge < -0.3 is 0 Å². The topological polar surface area (TPSA) is 0 Å². The molecule has 0 heteroatoms. The van der Waals surface area contributed by atoms with E-state index in [-0.39, 0.29) is 50.9 Å². The van der Waals surface area contributed by atoms with Gasteiger partial charge in [-0.15, -0.1) is 0 Å². The van der Waals surface area contributed by atoms with Crippen molar-refractivity contribution in [3.63, 3.8) is 0 Å². The van der Waals surface area contributed by atoms with Crippen LogP contribution in [0.5, 0.6) is 0 Å². The predicted octanol–water partition coefficient (Wildman–Crippen LogP) is 12.9. The van der Waals surface area contributed by atoms with Crippen LogP contribution in [-0.4, -0.2) is 0 Å². The molecule has 48 heavy (non-hydrogen) atoms. The summed E-state index contributed by atoms with van der Waals surface area (Å²) in [5.41, 5.74) is -6.33. The minimum atomic E-state index is -1.46. The van der Waals surface area contributed by atoms with E-state index in [0.29, 0.717) is 0 Å². The molecule has 0 radical (unpaired) electrons. The van der Waals surface area contributed by atoms with E-state index in [1.165, 1.54) is 13.8 Å². The maximum atomic E-state index is 9.75. The van der Waals surface area contributed by atoms with Crippen LogP contribution in [0.1, 0.15) is 71.7 Å². The minimum absolute atomic E-state index is 0.0216. The van der Waals surface area contributed by atoms with Crippen molar-refractivity contribution >= 4 is 21.5 Å². The van der Waals surface area contributed by atoms with Crippen molar-refractivity contribution in [2.45, 2.75) is 25.7 Å². The third-order valence-electron chi connectivity index (χ3n) is 9.13. The second-order valence-corrected chi connectivity index (χ2v) is 12.0. The van der Waals surface area contributed by atoms with E-state index in [9.17, 15) is 13.7 Å². The van der Waals surface area contributed by atoms with Gasteiger partial charge in [0.2, 0.25) is 0 Å². The van der Waals surface area contributed by atoms with E-state index in [0.717, 1.165) is 0 Å². The molecule has 2 aliphatic rings. The molecular weight excluding hydrogens is 577 g/mol. The zero-order valence-electron chi connectivity index (χ0n) is 51.2. The van der Waals surface area contributed by atoms with Gasteiger partial charge in [-0.2, -0.15) is 0 Å². The molecule has 0 saturated carbocycles. The minimum Gasteiger partial charge on any atom is -0.0619 e. The molecule has 0 amide bonds. The largest absolute Gasteiger partial charge is 0.0629 e. The highest BCUT2D eigenvalue weighted by atomic mass is 14.4. The Labute approximate surface area is 318 Å². The number of fused-ring (bicyclic) bond motifs is 8. The summed E-state index contributed by atoms with van der Waals surface area (Å²) in [6.07, 6.45) is -0.375. The van der Waals surface area contributed by atoms with E-state index in [1.807, 2.05) is 0 Å². The maximum absolute atomic E-state index is 9.75. The van der Waals surface area contributed by atoms with Gasteiger partial charge in [-0.25, -0.2) is 0 Å². The van der Waals surface area contributed by atoms with Crippen molar-refractivity contribution in [1.29, 1.82) is 0 Å². The Bertz CT molecular complexity index is 3970. The normalized spacial score (nSPS) is 21.3. The van der Waals surface area contributed by atoms with Crippen molar-refractivity contribution in [1.82, 2.24) is 0 Å². The fraction of sp³-hybridized carbons (Fsp3) is 0.0833. The van der Waals surface area contributed by atoms with Crippen molar-refractivity contribution < 1.29 is 35.6 Å². The molecule has 0 aliphatic heterocycles. The fourth-order valence-corrected chi connectivity index (χ4v) is 7.00. The van der Waals surface area contributed by atoms with Gasteiger partial charge in [0.05, 0.1) is 35.6 Å². The van der Waals surface area contributed by atoms with Gasteiger partial charge in [-0.1, -0.05) is 171 Å². The predicted molar refractivity (Wildman–Crippen MR) is 204 cm³/mol. The Balaban J connectivity index is 1.44. The summed E-state index contributed by atoms with van der Waals surface area (Å²) in [6, 6.07) is -20.7. The molecule has 0 N–H and O–H groups in total. The second kappa shape index (κ2) is 10.1. The molecule has 0 fully saturated rings. The molecule has 226 valence electrons. The zero-order valence-corrected chi connectivity index (χ0v) is 25.2. The van der Waals surface area contributed by atoms with Gasteiger partial charge in [-0.05, 0) is 106 Å². The molecule has 8 aromatic carbocycles. The highest BCUT2D eigenvalue weighted by molar-refractivity contribution is 6.22. The van der Waals surface area contributed by atoms with Crippen LogP contribution >= 0.6 is 0 Å². The maximum Gasteiger partial charge on any atom is 0.0629 e. The number of hydrogen-bond donors (Lipinski definition) is 0. The molecule has 0 heterocycles. The first-order valence-corrected chi connectivity index (χ1v) is 15.0. The molecule has 0 aromatic heterocycles. The number of rotatable bonds is 3. The van der Waals surface area contributed by atoms with Gasteiger partial charge >= 0.3 is 0 Å². The lowest BCUT2D eigenvalue weighted by molar-refractivity contribution is 0.660. The summed E-state index contributed by atoms with van der Waals surface area (Å²) in [6.45, 7) is 3.07. The van der Waals surface area contributed by atoms with Crippen molar-refractivity contribution in [2.24, 2.45) is 0 Å². The Hall–Kier alpha value is -5.72. The van der Waals surface area contributed by atoms with Crippen molar-refractivity contribution in [3.8, 4) is 55.6 Å². The SMILES string of the molecule is [2H]c1c([2H])c([2H])c2c(c1[2H])Cc1c([2H])c([2H])c([2H])c(-c3c4c([2H])c([2H])c([2H])c([2H])c4c(-c4c([2H])c([2H])c(-c5c([2H])c([2H])c([2H])c6c5-c5c([2H])c([2H])c([2H])c([2H])c5C6(C)C)c([2H])c4[2H])c4c([2H])c([2H])c([2H])c([2H])c34)c1-2. The Morgan fingerprint density at radius 1 is 0.375 bits per heavy atom. The van der Waals surface area contributed by atoms with Gasteiger partial charge in [-0.3, -0.25) is 0 Å². The lowest BCUT2D eigenvalue weighted by Gasteiger charge is -2.21. The summed E-state index contributed by atoms with van der Waals surface area (Å²) in [5.74, 6) is 0. The van der Waals surface area contributed by atoms with Gasteiger partial charge in [0.25, 0.3) is 0 Å². The zero-order chi connectivity index (χ0) is 54.6. The summed E-state index contributed by atoms with van der Waals surface area (Å²) in [4.78, 5) is 0. The van der Waals surface area contributed by atoms with E-state index >= 15 is 0 Å². The fourth-order valence-electron chi connectivity index (χ4n) is 7.00. The Morgan fingerprint density at radius 2 is 0.875 bits per heavy atom. The first-order chi connectivity index (χ1) is 34.4. The van der Waals surface area contributed by atoms with E-state index < -0.39 is 217 Å². The molecule has 2 aliphatic carbocycles. The third-order valence-corrected chi connectivity index (χ3v) is 9.13. The summed E-state index contributed by atoms with van der Waals surface area (Å²) < 4.78 is 237. The molecular formula is C48H34. The van der Waals surface area contributed by atoms with E-state index in [4.69, 9.17) is 21.9 Å². The summed E-state index contributed by atoms with van der Waals surface area (Å²) >= 11 is 0. The summed E-state index contributed by atoms with van der Waals surface area (Å²) in [7, 11) is 0. The highest BCUT2D eigenvalue weighted by Gasteiger charge is 2.36. The highest BCUT2D eigenvalue weighted by Crippen LogP contribution is 2.53. The summed E-state index contributed by atoms with van der Waals surface area (Å²) in [5, 5.41) is -2.59. The number of hydrogen-bond acceptors (Lipinski definition) is 0. The standard InChI is InChI=1S/C48H34/c1-48(2)42-23-10-9-20-40(42)47-34(21-12-24-43(47)48)30-25-27-31(28-26-30)44-36-16-5-7-18-38(36)46(39-19-8-6-17-37(39)44)41-22-11-14-33-29-32-13-3-4-15-35(32)45(33)41/h3-28H,29H2,1-2H3/i3D,4D,5D,6D,7D,8D,9D,10D,11D,12D,13D,14D,15D,16D,17D,18D,19D,20D,21D,22D,23D,24D,25D,26D,27D,28D. The smallest absolute Gasteiger partial charge is 0.0619 e. The lowest BCUT2D eigenvalue weighted by Crippen LogP contribution is -2.14. The average molecular weight is 637 g/mol. The molecule has 10 rings (SSSR count). The number of benzene rings is 8. The van der Waals surface area contributed by atoms with Crippen molar-refractivity contribution in [3.05, 3.63) is 179 Å². The van der Waals surface area contributed by atoms with Crippen LogP contribution in [0.25, 0.3) is 77.2 Å². The van der Waals surface area contributed by atoms with Crippen LogP contribution in [-0.2, 0) is 11.8 Å². The molecule has 0 bridgehead atoms. The van der Waals surface area contributed by atoms with Crippen LogP contribution in [0.3, 0.4) is 0 Å². The van der Waals surface area contributed by atoms with E-state index in [1.54, 1.807) is 0 Å². The van der Waals surface area contributed by atoms with Crippen LogP contribution in [0, 0.1) is 0 Å². The van der Waals surface area contributed by atoms with Crippen LogP contribution in [0.2, 0.25) is 0 Å². The first kappa shape index (κ1) is 12.1. The molecule has 8 aromatic rings. The Morgan fingerprint density at radius 3 is 1.60 bits per heavy atom. The van der Waals surface area contributed by atoms with Gasteiger partial charge in [0.15, 0.2) is 0 Å². The lowest BCUT2D eigenvalue weighted by atomic mass is 9.82. The molecule has 0 saturated heterocycles. The van der Waals surface area contributed by atoms with Crippen LogP contribution < -0.4 is 0 Å². The monoisotopic (exact) mass is 636 g/mol. The van der Waals surface area contributed by atoms with Crippen molar-refractivity contribution in [2.75, 3.05) is 0 Å². The van der Waals surface area contributed by atoms with Crippen LogP contribution in [0.15, 0.2) is 157 Å². The second-order valence-electron chi connectivity index (χ2n) is 12.0. The van der Waals surface area contributed by atoms with Crippen LogP contribution in [0.4, 0.5) is 0 Å². The van der Waals surface area contributed by atoms with Gasteiger partial charge in [0.1, 0.15) is 0 Å². The molecule has 0 unspecified atom stereocenters. The quantitative estimate of drug-likeness (QED) is 0.169. The molecule has 0 spiro atoms.